The standard InChI is InChI=1S/C9H14N2O4S2/c1-6(9(12)13)5-11(3)17(14,15)8-4-10-7(2)16-8/h4,6H,5H2,1-3H3,(H,12,13). The minimum absolute atomic E-state index is 0.0609. The number of aryl methyl sites for hydroxylation is 1. The molecule has 0 fully saturated rings. The Morgan fingerprint density at radius 1 is 1.65 bits per heavy atom. The van der Waals surface area contributed by atoms with Gasteiger partial charge in [-0.15, -0.1) is 11.3 Å². The zero-order valence-electron chi connectivity index (χ0n) is 9.74. The summed E-state index contributed by atoms with van der Waals surface area (Å²) in [6.45, 7) is 3.12. The van der Waals surface area contributed by atoms with Crippen molar-refractivity contribution in [1.29, 1.82) is 0 Å². The van der Waals surface area contributed by atoms with Gasteiger partial charge in [0.2, 0.25) is 0 Å². The third-order valence-corrected chi connectivity index (χ3v) is 5.39. The van der Waals surface area contributed by atoms with Gasteiger partial charge in [0.25, 0.3) is 10.0 Å². The first-order valence-electron chi connectivity index (χ1n) is 4.86. The molecule has 0 saturated heterocycles. The van der Waals surface area contributed by atoms with Crippen molar-refractivity contribution in [2.45, 2.75) is 18.1 Å². The zero-order valence-corrected chi connectivity index (χ0v) is 11.4. The molecule has 6 nitrogen and oxygen atoms in total. The van der Waals surface area contributed by atoms with E-state index in [-0.39, 0.29) is 10.8 Å². The monoisotopic (exact) mass is 278 g/mol. The number of carbonyl (C=O) groups is 1. The number of carboxylic acid groups (broad SMARTS) is 1. The molecule has 0 aromatic carbocycles. The van der Waals surface area contributed by atoms with E-state index in [1.165, 1.54) is 20.2 Å². The third kappa shape index (κ3) is 3.24. The fourth-order valence-electron chi connectivity index (χ4n) is 1.18. The van der Waals surface area contributed by atoms with Crippen LogP contribution in [0.1, 0.15) is 11.9 Å². The smallest absolute Gasteiger partial charge is 0.307 e. The maximum Gasteiger partial charge on any atom is 0.307 e. The number of nitrogens with zero attached hydrogens (tertiary/aromatic N) is 2. The fraction of sp³-hybridized carbons (Fsp3) is 0.556. The molecule has 0 spiro atoms. The summed E-state index contributed by atoms with van der Waals surface area (Å²) in [4.78, 5) is 14.5. The summed E-state index contributed by atoms with van der Waals surface area (Å²) in [6, 6.07) is 0. The van der Waals surface area contributed by atoms with Gasteiger partial charge in [-0.2, -0.15) is 4.31 Å². The maximum absolute atomic E-state index is 12.0. The molecule has 0 radical (unpaired) electrons. The lowest BCUT2D eigenvalue weighted by Crippen LogP contribution is -2.33. The largest absolute Gasteiger partial charge is 0.481 e. The van der Waals surface area contributed by atoms with Crippen LogP contribution in [0.4, 0.5) is 0 Å². The van der Waals surface area contributed by atoms with Crippen LogP contribution >= 0.6 is 11.3 Å². The second kappa shape index (κ2) is 5.11. The molecule has 0 amide bonds. The number of thiazole rings is 1. The number of hydrogen-bond donors (Lipinski definition) is 1. The minimum atomic E-state index is -3.62. The lowest BCUT2D eigenvalue weighted by atomic mass is 10.2. The Labute approximate surface area is 104 Å². The van der Waals surface area contributed by atoms with Crippen molar-refractivity contribution in [3.05, 3.63) is 11.2 Å². The Kier molecular flexibility index (Phi) is 4.23. The second-order valence-electron chi connectivity index (χ2n) is 3.72. The van der Waals surface area contributed by atoms with E-state index in [1.54, 1.807) is 6.92 Å². The maximum atomic E-state index is 12.0. The summed E-state index contributed by atoms with van der Waals surface area (Å²) in [5.41, 5.74) is 0. The Balaban J connectivity index is 2.88. The Bertz CT molecular complexity index is 509. The second-order valence-corrected chi connectivity index (χ2v) is 7.23. The van der Waals surface area contributed by atoms with Gasteiger partial charge in [-0.05, 0) is 6.92 Å². The number of sulfonamides is 1. The molecule has 0 aliphatic rings. The summed E-state index contributed by atoms with van der Waals surface area (Å²) in [5, 5.41) is 9.40. The van der Waals surface area contributed by atoms with Crippen LogP contribution in [0.25, 0.3) is 0 Å². The topological polar surface area (TPSA) is 87.6 Å². The highest BCUT2D eigenvalue weighted by molar-refractivity contribution is 7.91. The van der Waals surface area contributed by atoms with Crippen molar-refractivity contribution < 1.29 is 18.3 Å². The van der Waals surface area contributed by atoms with Gasteiger partial charge in [0, 0.05) is 13.6 Å². The molecule has 8 heteroatoms. The van der Waals surface area contributed by atoms with Crippen LogP contribution in [-0.4, -0.2) is 42.4 Å². The first kappa shape index (κ1) is 14.1. The predicted octanol–water partition coefficient (Wildman–Crippen LogP) is 0.793. The molecule has 0 aliphatic heterocycles. The van der Waals surface area contributed by atoms with Crippen molar-refractivity contribution in [1.82, 2.24) is 9.29 Å². The van der Waals surface area contributed by atoms with Crippen LogP contribution < -0.4 is 0 Å². The van der Waals surface area contributed by atoms with Crippen molar-refractivity contribution in [3.8, 4) is 0 Å². The van der Waals surface area contributed by atoms with Gasteiger partial charge in [0.05, 0.1) is 17.1 Å². The summed E-state index contributed by atoms with van der Waals surface area (Å²) in [7, 11) is -2.26. The van der Waals surface area contributed by atoms with Gasteiger partial charge in [-0.1, -0.05) is 6.92 Å². The average Bonchev–Trinajstić information content (AvgIpc) is 2.64. The number of hydrogen-bond acceptors (Lipinski definition) is 5. The molecule has 17 heavy (non-hydrogen) atoms. The molecule has 1 rings (SSSR count). The van der Waals surface area contributed by atoms with Gasteiger partial charge in [0.1, 0.15) is 0 Å². The summed E-state index contributed by atoms with van der Waals surface area (Å²) < 4.78 is 25.2. The predicted molar refractivity (Wildman–Crippen MR) is 63.5 cm³/mol. The third-order valence-electron chi connectivity index (χ3n) is 2.22. The van der Waals surface area contributed by atoms with Crippen LogP contribution in [0, 0.1) is 12.8 Å². The Hall–Kier alpha value is -0.990. The van der Waals surface area contributed by atoms with Gasteiger partial charge >= 0.3 is 5.97 Å². The summed E-state index contributed by atoms with van der Waals surface area (Å²) in [5.74, 6) is -1.77. The molecular formula is C9H14N2O4S2. The highest BCUT2D eigenvalue weighted by atomic mass is 32.2. The Morgan fingerprint density at radius 2 is 2.24 bits per heavy atom. The van der Waals surface area contributed by atoms with Gasteiger partial charge < -0.3 is 5.11 Å². The lowest BCUT2D eigenvalue weighted by Gasteiger charge is -2.17. The van der Waals surface area contributed by atoms with Crippen LogP contribution in [0.3, 0.4) is 0 Å². The van der Waals surface area contributed by atoms with Crippen LogP contribution in [0.15, 0.2) is 10.4 Å². The van der Waals surface area contributed by atoms with Crippen LogP contribution in [-0.2, 0) is 14.8 Å². The number of aromatic nitrogens is 1. The molecule has 1 N–H and O–H groups in total. The molecule has 1 unspecified atom stereocenters. The molecule has 1 aromatic heterocycles. The number of carboxylic acids is 1. The van der Waals surface area contributed by atoms with Crippen molar-refractivity contribution in [2.75, 3.05) is 13.6 Å². The fourth-order valence-corrected chi connectivity index (χ4v) is 3.76. The highest BCUT2D eigenvalue weighted by Gasteiger charge is 2.26. The molecule has 1 aromatic rings. The lowest BCUT2D eigenvalue weighted by molar-refractivity contribution is -0.141. The van der Waals surface area contributed by atoms with Crippen molar-refractivity contribution >= 4 is 27.3 Å². The van der Waals surface area contributed by atoms with E-state index in [4.69, 9.17) is 5.11 Å². The molecule has 0 saturated carbocycles. The molecule has 96 valence electrons. The van der Waals surface area contributed by atoms with Gasteiger partial charge in [-0.25, -0.2) is 13.4 Å². The van der Waals surface area contributed by atoms with E-state index in [1.807, 2.05) is 0 Å². The van der Waals surface area contributed by atoms with Crippen molar-refractivity contribution in [3.63, 3.8) is 0 Å². The quantitative estimate of drug-likeness (QED) is 0.860. The number of aliphatic carboxylic acids is 1. The van der Waals surface area contributed by atoms with Gasteiger partial charge in [-0.3, -0.25) is 4.79 Å². The highest BCUT2D eigenvalue weighted by Crippen LogP contribution is 2.21. The van der Waals surface area contributed by atoms with E-state index >= 15 is 0 Å². The van der Waals surface area contributed by atoms with E-state index in [9.17, 15) is 13.2 Å². The minimum Gasteiger partial charge on any atom is -0.481 e. The molecule has 0 aliphatic carbocycles. The first-order valence-corrected chi connectivity index (χ1v) is 7.12. The summed E-state index contributed by atoms with van der Waals surface area (Å²) >= 11 is 1.07. The van der Waals surface area contributed by atoms with E-state index in [0.717, 1.165) is 15.6 Å². The van der Waals surface area contributed by atoms with E-state index < -0.39 is 21.9 Å². The molecule has 1 heterocycles. The van der Waals surface area contributed by atoms with E-state index in [2.05, 4.69) is 4.98 Å². The van der Waals surface area contributed by atoms with Crippen LogP contribution in [0.2, 0.25) is 0 Å². The molecule has 1 atom stereocenters. The average molecular weight is 278 g/mol. The van der Waals surface area contributed by atoms with E-state index in [0.29, 0.717) is 5.01 Å². The zero-order chi connectivity index (χ0) is 13.2. The number of rotatable bonds is 5. The first-order chi connectivity index (χ1) is 7.75. The molecular weight excluding hydrogens is 264 g/mol. The summed E-state index contributed by atoms with van der Waals surface area (Å²) in [6.07, 6.45) is 1.29. The normalized spacial score (nSPS) is 13.9. The SMILES string of the molecule is Cc1ncc(S(=O)(=O)N(C)CC(C)C(=O)O)s1. The molecule has 0 bridgehead atoms. The van der Waals surface area contributed by atoms with Crippen LogP contribution in [0.5, 0.6) is 0 Å². The Morgan fingerprint density at radius 3 is 2.65 bits per heavy atom. The van der Waals surface area contributed by atoms with Gasteiger partial charge in [0.15, 0.2) is 4.21 Å². The van der Waals surface area contributed by atoms with Crippen molar-refractivity contribution in [2.24, 2.45) is 5.92 Å².